The van der Waals surface area contributed by atoms with E-state index in [9.17, 15) is 0 Å². The summed E-state index contributed by atoms with van der Waals surface area (Å²) in [6.07, 6.45) is 0.913. The van der Waals surface area contributed by atoms with Gasteiger partial charge in [-0.15, -0.1) is 0 Å². The van der Waals surface area contributed by atoms with Crippen molar-refractivity contribution in [2.75, 3.05) is 13.2 Å². The fourth-order valence-electron chi connectivity index (χ4n) is 0.989. The second-order valence-electron chi connectivity index (χ2n) is 2.28. The van der Waals surface area contributed by atoms with Crippen molar-refractivity contribution in [1.29, 1.82) is 0 Å². The fraction of sp³-hybridized carbons (Fsp3) is 1.00. The monoisotopic (exact) mass is 116 g/mol. The summed E-state index contributed by atoms with van der Waals surface area (Å²) in [6.45, 7) is 1.07. The maximum atomic E-state index is 8.57. The molecule has 0 aromatic heterocycles. The molecule has 0 aromatic carbocycles. The molecule has 1 heterocycles. The predicted octanol–water partition coefficient (Wildman–Crippen LogP) is -1.33. The maximum absolute atomic E-state index is 8.57. The number of nitrogens with two attached hydrogens (primary N) is 1. The molecule has 1 aliphatic rings. The molecule has 4 N–H and O–H groups in total. The molecular weight excluding hydrogens is 104 g/mol. The van der Waals surface area contributed by atoms with Gasteiger partial charge in [0.2, 0.25) is 0 Å². The van der Waals surface area contributed by atoms with Crippen molar-refractivity contribution in [3.63, 3.8) is 0 Å². The van der Waals surface area contributed by atoms with Crippen molar-refractivity contribution in [2.24, 2.45) is 5.73 Å². The molecular formula is C5H12N2O. The van der Waals surface area contributed by atoms with Gasteiger partial charge in [-0.1, -0.05) is 0 Å². The highest BCUT2D eigenvalue weighted by molar-refractivity contribution is 4.82. The van der Waals surface area contributed by atoms with Crippen LogP contribution in [-0.2, 0) is 0 Å². The van der Waals surface area contributed by atoms with Crippen LogP contribution in [0.1, 0.15) is 6.42 Å². The summed E-state index contributed by atoms with van der Waals surface area (Å²) in [4.78, 5) is 0. The van der Waals surface area contributed by atoms with E-state index in [0.29, 0.717) is 0 Å². The van der Waals surface area contributed by atoms with Crippen LogP contribution in [0.3, 0.4) is 0 Å². The Morgan fingerprint density at radius 3 is 2.75 bits per heavy atom. The van der Waals surface area contributed by atoms with E-state index in [1.165, 1.54) is 0 Å². The van der Waals surface area contributed by atoms with Gasteiger partial charge in [0.1, 0.15) is 0 Å². The first-order chi connectivity index (χ1) is 3.83. The SMILES string of the molecule is N[C@@H]1CN[C@@H](CO)C1. The molecule has 0 unspecified atom stereocenters. The van der Waals surface area contributed by atoms with Crippen LogP contribution in [0.4, 0.5) is 0 Å². The molecule has 1 saturated heterocycles. The summed E-state index contributed by atoms with van der Waals surface area (Å²) in [5, 5.41) is 11.6. The van der Waals surface area contributed by atoms with Crippen LogP contribution >= 0.6 is 0 Å². The Balaban J connectivity index is 2.22. The number of rotatable bonds is 1. The molecule has 1 fully saturated rings. The van der Waals surface area contributed by atoms with Gasteiger partial charge in [0.15, 0.2) is 0 Å². The molecule has 0 radical (unpaired) electrons. The lowest BCUT2D eigenvalue weighted by molar-refractivity contribution is 0.254. The van der Waals surface area contributed by atoms with Crippen LogP contribution in [0.2, 0.25) is 0 Å². The van der Waals surface area contributed by atoms with Gasteiger partial charge < -0.3 is 16.2 Å². The molecule has 3 nitrogen and oxygen atoms in total. The van der Waals surface area contributed by atoms with Gasteiger partial charge in [0, 0.05) is 18.6 Å². The molecule has 48 valence electrons. The Morgan fingerprint density at radius 1 is 1.75 bits per heavy atom. The summed E-state index contributed by atoms with van der Waals surface area (Å²) in [7, 11) is 0. The van der Waals surface area contributed by atoms with E-state index in [-0.39, 0.29) is 18.7 Å². The molecule has 0 saturated carbocycles. The maximum Gasteiger partial charge on any atom is 0.0585 e. The molecule has 3 heteroatoms. The van der Waals surface area contributed by atoms with Crippen molar-refractivity contribution in [3.05, 3.63) is 0 Å². The molecule has 0 spiro atoms. The first kappa shape index (κ1) is 6.01. The number of aliphatic hydroxyl groups excluding tert-OH is 1. The van der Waals surface area contributed by atoms with Gasteiger partial charge in [-0.2, -0.15) is 0 Å². The number of nitrogens with one attached hydrogen (secondary N) is 1. The number of hydrogen-bond donors (Lipinski definition) is 3. The van der Waals surface area contributed by atoms with E-state index < -0.39 is 0 Å². The van der Waals surface area contributed by atoms with Crippen LogP contribution < -0.4 is 11.1 Å². The van der Waals surface area contributed by atoms with Gasteiger partial charge >= 0.3 is 0 Å². The van der Waals surface area contributed by atoms with E-state index >= 15 is 0 Å². The molecule has 0 amide bonds. The summed E-state index contributed by atoms with van der Waals surface area (Å²) in [5.41, 5.74) is 5.53. The van der Waals surface area contributed by atoms with Crippen LogP contribution in [0, 0.1) is 0 Å². The number of aliphatic hydroxyl groups is 1. The average Bonchev–Trinajstić information content (AvgIpc) is 2.14. The van der Waals surface area contributed by atoms with Crippen LogP contribution in [0.5, 0.6) is 0 Å². The highest BCUT2D eigenvalue weighted by Crippen LogP contribution is 2.01. The highest BCUT2D eigenvalue weighted by atomic mass is 16.3. The summed E-state index contributed by atoms with van der Waals surface area (Å²) in [5.74, 6) is 0. The largest absolute Gasteiger partial charge is 0.395 e. The average molecular weight is 116 g/mol. The molecule has 0 bridgehead atoms. The first-order valence-electron chi connectivity index (χ1n) is 2.92. The van der Waals surface area contributed by atoms with Crippen molar-refractivity contribution >= 4 is 0 Å². The third-order valence-electron chi connectivity index (χ3n) is 1.48. The van der Waals surface area contributed by atoms with Gasteiger partial charge in [0.25, 0.3) is 0 Å². The van der Waals surface area contributed by atoms with E-state index in [0.717, 1.165) is 13.0 Å². The second kappa shape index (κ2) is 2.44. The Hall–Kier alpha value is -0.120. The zero-order chi connectivity index (χ0) is 5.98. The van der Waals surface area contributed by atoms with E-state index in [1.807, 2.05) is 0 Å². The van der Waals surface area contributed by atoms with Gasteiger partial charge in [-0.05, 0) is 6.42 Å². The minimum Gasteiger partial charge on any atom is -0.395 e. The third-order valence-corrected chi connectivity index (χ3v) is 1.48. The fourth-order valence-corrected chi connectivity index (χ4v) is 0.989. The smallest absolute Gasteiger partial charge is 0.0585 e. The van der Waals surface area contributed by atoms with E-state index in [2.05, 4.69) is 5.32 Å². The molecule has 1 rings (SSSR count). The summed E-state index contributed by atoms with van der Waals surface area (Å²) < 4.78 is 0. The molecule has 1 aliphatic heterocycles. The predicted molar refractivity (Wildman–Crippen MR) is 31.5 cm³/mol. The molecule has 0 aromatic rings. The Morgan fingerprint density at radius 2 is 2.50 bits per heavy atom. The molecule has 2 atom stereocenters. The van der Waals surface area contributed by atoms with Crippen LogP contribution in [-0.4, -0.2) is 30.3 Å². The summed E-state index contributed by atoms with van der Waals surface area (Å²) in [6, 6.07) is 0.511. The summed E-state index contributed by atoms with van der Waals surface area (Å²) >= 11 is 0. The Kier molecular flexibility index (Phi) is 1.83. The molecule has 8 heavy (non-hydrogen) atoms. The Bertz CT molecular complexity index is 76.8. The minimum absolute atomic E-state index is 0.216. The topological polar surface area (TPSA) is 58.3 Å². The van der Waals surface area contributed by atoms with Crippen LogP contribution in [0.15, 0.2) is 0 Å². The second-order valence-corrected chi connectivity index (χ2v) is 2.28. The molecule has 0 aliphatic carbocycles. The van der Waals surface area contributed by atoms with Gasteiger partial charge in [0.05, 0.1) is 6.61 Å². The van der Waals surface area contributed by atoms with Crippen molar-refractivity contribution < 1.29 is 5.11 Å². The van der Waals surface area contributed by atoms with E-state index in [4.69, 9.17) is 10.8 Å². The lowest BCUT2D eigenvalue weighted by Gasteiger charge is -2.01. The quantitative estimate of drug-likeness (QED) is 0.398. The Labute approximate surface area is 48.9 Å². The lowest BCUT2D eigenvalue weighted by atomic mass is 10.2. The highest BCUT2D eigenvalue weighted by Gasteiger charge is 2.18. The van der Waals surface area contributed by atoms with E-state index in [1.54, 1.807) is 0 Å². The minimum atomic E-state index is 0.216. The van der Waals surface area contributed by atoms with Crippen LogP contribution in [0.25, 0.3) is 0 Å². The van der Waals surface area contributed by atoms with Gasteiger partial charge in [-0.3, -0.25) is 0 Å². The third kappa shape index (κ3) is 1.18. The van der Waals surface area contributed by atoms with Crippen molar-refractivity contribution in [3.8, 4) is 0 Å². The van der Waals surface area contributed by atoms with Gasteiger partial charge in [-0.25, -0.2) is 0 Å². The standard InChI is InChI=1S/C5H12N2O/c6-4-1-5(3-8)7-2-4/h4-5,7-8H,1-3,6H2/t4-,5+/m0/s1. The normalized spacial score (nSPS) is 38.2. The number of hydrogen-bond acceptors (Lipinski definition) is 3. The zero-order valence-electron chi connectivity index (χ0n) is 4.80. The first-order valence-corrected chi connectivity index (χ1v) is 2.92. The lowest BCUT2D eigenvalue weighted by Crippen LogP contribution is -2.25. The van der Waals surface area contributed by atoms with Crippen molar-refractivity contribution in [2.45, 2.75) is 18.5 Å². The van der Waals surface area contributed by atoms with Crippen molar-refractivity contribution in [1.82, 2.24) is 5.32 Å². The zero-order valence-corrected chi connectivity index (χ0v) is 4.80.